The molecule has 3 fully saturated rings. The fourth-order valence-electron chi connectivity index (χ4n) is 5.24. The van der Waals surface area contributed by atoms with Crippen LogP contribution in [0.3, 0.4) is 0 Å². The summed E-state index contributed by atoms with van der Waals surface area (Å²) in [5.41, 5.74) is 7.56. The van der Waals surface area contributed by atoms with Gasteiger partial charge in [-0.2, -0.15) is 0 Å². The molecule has 2 saturated carbocycles. The highest BCUT2D eigenvalue weighted by Crippen LogP contribution is 2.42. The lowest BCUT2D eigenvalue weighted by molar-refractivity contribution is -0.140. The number of carbonyl (C=O) groups excluding carboxylic acids is 1. The predicted octanol–water partition coefficient (Wildman–Crippen LogP) is 3.56. The van der Waals surface area contributed by atoms with Gasteiger partial charge in [-0.05, 0) is 49.1 Å². The van der Waals surface area contributed by atoms with Gasteiger partial charge in [0, 0.05) is 49.7 Å². The molecule has 2 N–H and O–H groups in total. The summed E-state index contributed by atoms with van der Waals surface area (Å²) in [5, 5.41) is 0.830. The average molecular weight is 412 g/mol. The molecule has 1 aliphatic heterocycles. The van der Waals surface area contributed by atoms with Crippen molar-refractivity contribution in [3.63, 3.8) is 0 Å². The van der Waals surface area contributed by atoms with Crippen molar-refractivity contribution < 1.29 is 4.79 Å². The number of benzene rings is 1. The van der Waals surface area contributed by atoms with Gasteiger partial charge in [0.15, 0.2) is 0 Å². The van der Waals surface area contributed by atoms with Gasteiger partial charge in [0.2, 0.25) is 5.91 Å². The Morgan fingerprint density at radius 3 is 2.33 bits per heavy atom. The third-order valence-corrected chi connectivity index (χ3v) is 7.17. The lowest BCUT2D eigenvalue weighted by Crippen LogP contribution is -2.53. The molecule has 2 unspecified atom stereocenters. The summed E-state index contributed by atoms with van der Waals surface area (Å²) >= 11 is 6.28. The number of piperazine rings is 1. The van der Waals surface area contributed by atoms with Gasteiger partial charge in [0.1, 0.15) is 0 Å². The van der Waals surface area contributed by atoms with Crippen LogP contribution in [-0.2, 0) is 11.3 Å². The van der Waals surface area contributed by atoms with Crippen molar-refractivity contribution in [1.82, 2.24) is 9.80 Å². The number of carbonyl (C=O) groups is 1. The highest BCUT2D eigenvalue weighted by Gasteiger charge is 2.41. The number of halogens is 2. The van der Waals surface area contributed by atoms with Crippen molar-refractivity contribution in [2.24, 2.45) is 23.5 Å². The van der Waals surface area contributed by atoms with Crippen LogP contribution < -0.4 is 5.73 Å². The van der Waals surface area contributed by atoms with Gasteiger partial charge >= 0.3 is 0 Å². The van der Waals surface area contributed by atoms with E-state index in [0.717, 1.165) is 50.6 Å². The third-order valence-electron chi connectivity index (χ3n) is 6.80. The first kappa shape index (κ1) is 20.9. The van der Waals surface area contributed by atoms with Crippen molar-refractivity contribution >= 4 is 29.9 Å². The molecular formula is C21H31Cl2N3O. The van der Waals surface area contributed by atoms with Crippen molar-refractivity contribution in [3.05, 3.63) is 34.9 Å². The molecule has 4 nitrogen and oxygen atoms in total. The van der Waals surface area contributed by atoms with Gasteiger partial charge in [-0.1, -0.05) is 36.2 Å². The van der Waals surface area contributed by atoms with Gasteiger partial charge in [0.05, 0.1) is 0 Å². The molecule has 2 atom stereocenters. The van der Waals surface area contributed by atoms with Crippen LogP contribution in [0.25, 0.3) is 0 Å². The second-order valence-electron chi connectivity index (χ2n) is 8.39. The quantitative estimate of drug-likeness (QED) is 0.826. The van der Waals surface area contributed by atoms with Gasteiger partial charge in [-0.25, -0.2) is 0 Å². The SMILES string of the molecule is Cl.NC1C2CCCC1CC(C(=O)N1CCN(Cc3ccccc3Cl)CC1)C2. The van der Waals surface area contributed by atoms with Crippen molar-refractivity contribution in [1.29, 1.82) is 0 Å². The molecule has 1 saturated heterocycles. The monoisotopic (exact) mass is 411 g/mol. The number of hydrogen-bond acceptors (Lipinski definition) is 3. The predicted molar refractivity (Wildman–Crippen MR) is 112 cm³/mol. The highest BCUT2D eigenvalue weighted by atomic mass is 35.5. The Morgan fingerprint density at radius 1 is 1.07 bits per heavy atom. The smallest absolute Gasteiger partial charge is 0.225 e. The minimum atomic E-state index is 0. The van der Waals surface area contributed by atoms with E-state index in [-0.39, 0.29) is 18.3 Å². The maximum Gasteiger partial charge on any atom is 0.225 e. The average Bonchev–Trinajstić information content (AvgIpc) is 2.63. The molecule has 150 valence electrons. The highest BCUT2D eigenvalue weighted by molar-refractivity contribution is 6.31. The van der Waals surface area contributed by atoms with Gasteiger partial charge in [-0.3, -0.25) is 9.69 Å². The number of nitrogens with zero attached hydrogens (tertiary/aromatic N) is 2. The fourth-order valence-corrected chi connectivity index (χ4v) is 5.44. The number of fused-ring (bicyclic) bond motifs is 2. The molecule has 3 aliphatic rings. The van der Waals surface area contributed by atoms with Gasteiger partial charge < -0.3 is 10.6 Å². The summed E-state index contributed by atoms with van der Waals surface area (Å²) in [6, 6.07) is 8.37. The zero-order chi connectivity index (χ0) is 18.1. The lowest BCUT2D eigenvalue weighted by atomic mass is 9.65. The van der Waals surface area contributed by atoms with E-state index in [0.29, 0.717) is 23.8 Å². The van der Waals surface area contributed by atoms with Crippen LogP contribution in [0, 0.1) is 17.8 Å². The standard InChI is InChI=1S/C21H30ClN3O.ClH/c22-19-7-2-1-4-17(19)14-24-8-10-25(11-9-24)21(26)18-12-15-5-3-6-16(13-18)20(15)23;/h1-2,4,7,15-16,18,20H,3,5-6,8-14,23H2;1H. The molecule has 1 aromatic carbocycles. The molecule has 2 aliphatic carbocycles. The molecule has 0 aromatic heterocycles. The van der Waals surface area contributed by atoms with E-state index in [1.807, 2.05) is 18.2 Å². The van der Waals surface area contributed by atoms with E-state index in [1.165, 1.54) is 24.8 Å². The summed E-state index contributed by atoms with van der Waals surface area (Å²) < 4.78 is 0. The molecule has 0 spiro atoms. The van der Waals surface area contributed by atoms with Crippen LogP contribution in [0.2, 0.25) is 5.02 Å². The third kappa shape index (κ3) is 4.61. The second kappa shape index (κ2) is 9.13. The summed E-state index contributed by atoms with van der Waals surface area (Å²) in [7, 11) is 0. The van der Waals surface area contributed by atoms with Crippen LogP contribution >= 0.6 is 24.0 Å². The first-order valence-electron chi connectivity index (χ1n) is 10.1. The maximum absolute atomic E-state index is 13.1. The van der Waals surface area contributed by atoms with Crippen molar-refractivity contribution in [3.8, 4) is 0 Å². The Balaban J connectivity index is 0.00000210. The molecule has 1 heterocycles. The molecule has 2 bridgehead atoms. The Bertz CT molecular complexity index is 634. The molecule has 0 radical (unpaired) electrons. The zero-order valence-corrected chi connectivity index (χ0v) is 17.4. The van der Waals surface area contributed by atoms with E-state index in [1.54, 1.807) is 0 Å². The Hall–Kier alpha value is -0.810. The first-order valence-corrected chi connectivity index (χ1v) is 10.5. The van der Waals surface area contributed by atoms with Gasteiger partial charge in [0.25, 0.3) is 0 Å². The Morgan fingerprint density at radius 2 is 1.70 bits per heavy atom. The number of nitrogens with two attached hydrogens (primary N) is 1. The normalized spacial score (nSPS) is 31.3. The molecule has 27 heavy (non-hydrogen) atoms. The van der Waals surface area contributed by atoms with Crippen LogP contribution in [-0.4, -0.2) is 47.9 Å². The minimum absolute atomic E-state index is 0. The van der Waals surface area contributed by atoms with E-state index >= 15 is 0 Å². The minimum Gasteiger partial charge on any atom is -0.340 e. The topological polar surface area (TPSA) is 49.6 Å². The molecule has 1 aromatic rings. The van der Waals surface area contributed by atoms with E-state index < -0.39 is 0 Å². The second-order valence-corrected chi connectivity index (χ2v) is 8.80. The van der Waals surface area contributed by atoms with Crippen LogP contribution in [0.15, 0.2) is 24.3 Å². The first-order chi connectivity index (χ1) is 12.6. The summed E-state index contributed by atoms with van der Waals surface area (Å²) in [5.74, 6) is 1.72. The largest absolute Gasteiger partial charge is 0.340 e. The lowest BCUT2D eigenvalue weighted by Gasteiger charge is -2.45. The summed E-state index contributed by atoms with van der Waals surface area (Å²) in [4.78, 5) is 17.6. The summed E-state index contributed by atoms with van der Waals surface area (Å²) in [6.07, 6.45) is 5.75. The number of rotatable bonds is 3. The van der Waals surface area contributed by atoms with Crippen molar-refractivity contribution in [2.45, 2.75) is 44.7 Å². The molecule has 1 amide bonds. The van der Waals surface area contributed by atoms with Gasteiger partial charge in [-0.15, -0.1) is 12.4 Å². The van der Waals surface area contributed by atoms with Crippen molar-refractivity contribution in [2.75, 3.05) is 26.2 Å². The molecule has 6 heteroatoms. The van der Waals surface area contributed by atoms with Crippen LogP contribution in [0.1, 0.15) is 37.7 Å². The van der Waals surface area contributed by atoms with E-state index in [4.69, 9.17) is 17.3 Å². The van der Waals surface area contributed by atoms with E-state index in [2.05, 4.69) is 15.9 Å². The van der Waals surface area contributed by atoms with Crippen LogP contribution in [0.4, 0.5) is 0 Å². The molecular weight excluding hydrogens is 381 g/mol. The number of amides is 1. The van der Waals surface area contributed by atoms with Crippen LogP contribution in [0.5, 0.6) is 0 Å². The Labute approximate surface area is 173 Å². The zero-order valence-electron chi connectivity index (χ0n) is 15.9. The Kier molecular flexibility index (Phi) is 7.07. The molecule has 4 rings (SSSR count). The maximum atomic E-state index is 13.1. The fraction of sp³-hybridized carbons (Fsp3) is 0.667. The summed E-state index contributed by atoms with van der Waals surface area (Å²) in [6.45, 7) is 4.39. The number of hydrogen-bond donors (Lipinski definition) is 1. The van der Waals surface area contributed by atoms with E-state index in [9.17, 15) is 4.79 Å².